The van der Waals surface area contributed by atoms with Crippen LogP contribution in [0.3, 0.4) is 0 Å². The van der Waals surface area contributed by atoms with Crippen molar-refractivity contribution in [1.29, 1.82) is 0 Å². The maximum atomic E-state index is 12.5. The first-order chi connectivity index (χ1) is 13.7. The number of carbonyl (C=O) groups excluding carboxylic acids is 2. The van der Waals surface area contributed by atoms with Crippen LogP contribution in [0.2, 0.25) is 10.0 Å². The largest absolute Gasteiger partial charge is 0.324 e. The van der Waals surface area contributed by atoms with Crippen molar-refractivity contribution in [3.05, 3.63) is 69.0 Å². The first kappa shape index (κ1) is 20.8. The van der Waals surface area contributed by atoms with Gasteiger partial charge >= 0.3 is 0 Å². The number of hydrogen-bond donors (Lipinski definition) is 2. The highest BCUT2D eigenvalue weighted by Gasteiger charge is 2.19. The highest BCUT2D eigenvalue weighted by molar-refractivity contribution is 6.35. The zero-order chi connectivity index (χ0) is 21.1. The summed E-state index contributed by atoms with van der Waals surface area (Å²) in [5.41, 5.74) is 3.72. The number of amides is 2. The summed E-state index contributed by atoms with van der Waals surface area (Å²) in [7, 11) is 0. The van der Waals surface area contributed by atoms with Crippen molar-refractivity contribution >= 4 is 46.4 Å². The number of anilines is 2. The van der Waals surface area contributed by atoms with Crippen LogP contribution in [0.1, 0.15) is 27.3 Å². The lowest BCUT2D eigenvalue weighted by Crippen LogP contribution is -2.21. The zero-order valence-electron chi connectivity index (χ0n) is 16.1. The van der Waals surface area contributed by atoms with Crippen LogP contribution in [-0.4, -0.2) is 26.8 Å². The van der Waals surface area contributed by atoms with Crippen LogP contribution in [0, 0.1) is 20.8 Å². The molecular formula is C20H19Cl2N5O2. The van der Waals surface area contributed by atoms with E-state index < -0.39 is 5.91 Å². The van der Waals surface area contributed by atoms with E-state index >= 15 is 0 Å². The van der Waals surface area contributed by atoms with Crippen molar-refractivity contribution in [3.63, 3.8) is 0 Å². The third-order valence-electron chi connectivity index (χ3n) is 4.36. The summed E-state index contributed by atoms with van der Waals surface area (Å²) in [6.07, 6.45) is 0. The van der Waals surface area contributed by atoms with Crippen molar-refractivity contribution in [2.45, 2.75) is 27.3 Å². The van der Waals surface area contributed by atoms with Crippen LogP contribution >= 0.6 is 23.2 Å². The van der Waals surface area contributed by atoms with Crippen LogP contribution in [-0.2, 0) is 11.3 Å². The molecule has 0 unspecified atom stereocenters. The molecule has 0 saturated carbocycles. The van der Waals surface area contributed by atoms with E-state index in [9.17, 15) is 9.59 Å². The van der Waals surface area contributed by atoms with Crippen molar-refractivity contribution in [3.8, 4) is 0 Å². The Balaban J connectivity index is 1.71. The average Bonchev–Trinajstić information content (AvgIpc) is 2.98. The first-order valence-electron chi connectivity index (χ1n) is 8.78. The van der Waals surface area contributed by atoms with Gasteiger partial charge in [0, 0.05) is 21.4 Å². The summed E-state index contributed by atoms with van der Waals surface area (Å²) in [6, 6.07) is 10.5. The van der Waals surface area contributed by atoms with Gasteiger partial charge < -0.3 is 10.6 Å². The van der Waals surface area contributed by atoms with Crippen molar-refractivity contribution in [2.75, 3.05) is 10.6 Å². The second-order valence-electron chi connectivity index (χ2n) is 6.61. The number of benzene rings is 2. The number of para-hydroxylation sites is 1. The molecule has 7 nitrogen and oxygen atoms in total. The van der Waals surface area contributed by atoms with E-state index in [-0.39, 0.29) is 18.1 Å². The normalized spacial score (nSPS) is 10.7. The molecule has 150 valence electrons. The molecule has 0 bridgehead atoms. The van der Waals surface area contributed by atoms with Crippen molar-refractivity contribution < 1.29 is 9.59 Å². The summed E-state index contributed by atoms with van der Waals surface area (Å²) < 4.78 is 1.38. The summed E-state index contributed by atoms with van der Waals surface area (Å²) >= 11 is 11.9. The lowest BCUT2D eigenvalue weighted by Gasteiger charge is -2.11. The molecule has 2 N–H and O–H groups in total. The third kappa shape index (κ3) is 4.93. The molecule has 0 fully saturated rings. The summed E-state index contributed by atoms with van der Waals surface area (Å²) in [6.45, 7) is 5.46. The van der Waals surface area contributed by atoms with Gasteiger partial charge in [0.25, 0.3) is 5.91 Å². The molecule has 1 heterocycles. The zero-order valence-corrected chi connectivity index (χ0v) is 17.6. The van der Waals surface area contributed by atoms with Crippen molar-refractivity contribution in [1.82, 2.24) is 15.0 Å². The van der Waals surface area contributed by atoms with E-state index in [0.29, 0.717) is 21.4 Å². The number of carbonyl (C=O) groups is 2. The molecule has 3 rings (SSSR count). The minimum Gasteiger partial charge on any atom is -0.324 e. The fraction of sp³-hybridized carbons (Fsp3) is 0.200. The topological polar surface area (TPSA) is 88.9 Å². The number of halogens is 2. The van der Waals surface area contributed by atoms with Gasteiger partial charge in [0.15, 0.2) is 5.69 Å². The van der Waals surface area contributed by atoms with Crippen LogP contribution in [0.5, 0.6) is 0 Å². The molecule has 0 spiro atoms. The van der Waals surface area contributed by atoms with E-state index in [1.54, 1.807) is 25.1 Å². The molecule has 0 saturated heterocycles. The van der Waals surface area contributed by atoms with Gasteiger partial charge in [0.1, 0.15) is 6.54 Å². The predicted octanol–water partition coefficient (Wildman–Crippen LogP) is 4.40. The molecule has 29 heavy (non-hydrogen) atoms. The predicted molar refractivity (Wildman–Crippen MR) is 114 cm³/mol. The van der Waals surface area contributed by atoms with Gasteiger partial charge in [-0.25, -0.2) is 4.68 Å². The van der Waals surface area contributed by atoms with Gasteiger partial charge in [0.05, 0.1) is 5.69 Å². The molecule has 1 aromatic heterocycles. The highest BCUT2D eigenvalue weighted by Crippen LogP contribution is 2.23. The van der Waals surface area contributed by atoms with Crippen LogP contribution in [0.4, 0.5) is 11.4 Å². The van der Waals surface area contributed by atoms with Gasteiger partial charge in [0.2, 0.25) is 5.91 Å². The van der Waals surface area contributed by atoms with Crippen LogP contribution < -0.4 is 10.6 Å². The summed E-state index contributed by atoms with van der Waals surface area (Å²) in [5.74, 6) is -0.730. The Morgan fingerprint density at radius 3 is 2.24 bits per heavy atom. The quantitative estimate of drug-likeness (QED) is 0.626. The lowest BCUT2D eigenvalue weighted by atomic mass is 10.1. The fourth-order valence-electron chi connectivity index (χ4n) is 2.86. The Kier molecular flexibility index (Phi) is 6.20. The second kappa shape index (κ2) is 8.63. The molecule has 0 aliphatic heterocycles. The molecule has 0 aliphatic rings. The van der Waals surface area contributed by atoms with Gasteiger partial charge in [-0.15, -0.1) is 5.10 Å². The smallest absolute Gasteiger partial charge is 0.278 e. The maximum absolute atomic E-state index is 12.5. The average molecular weight is 432 g/mol. The van der Waals surface area contributed by atoms with Crippen molar-refractivity contribution in [2.24, 2.45) is 0 Å². The number of aryl methyl sites for hydroxylation is 2. The minimum atomic E-state index is -0.470. The monoisotopic (exact) mass is 431 g/mol. The van der Waals surface area contributed by atoms with Gasteiger partial charge in [-0.3, -0.25) is 9.59 Å². The Hall–Kier alpha value is -2.90. The molecule has 3 aromatic rings. The standard InChI is InChI=1S/C20H19Cl2N5O2/c1-11-5-4-6-12(2)18(11)24-17(28)10-27-13(3)19(25-26-27)20(29)23-16-8-14(21)7-15(22)9-16/h4-9H,10H2,1-3H3,(H,23,29)(H,24,28). The van der Waals surface area contributed by atoms with E-state index in [0.717, 1.165) is 16.8 Å². The molecule has 0 atom stereocenters. The highest BCUT2D eigenvalue weighted by atomic mass is 35.5. The van der Waals surface area contributed by atoms with E-state index in [2.05, 4.69) is 20.9 Å². The van der Waals surface area contributed by atoms with Gasteiger partial charge in [-0.2, -0.15) is 0 Å². The van der Waals surface area contributed by atoms with Crippen LogP contribution in [0.15, 0.2) is 36.4 Å². The van der Waals surface area contributed by atoms with E-state index in [1.165, 1.54) is 4.68 Å². The van der Waals surface area contributed by atoms with Crippen LogP contribution in [0.25, 0.3) is 0 Å². The number of hydrogen-bond acceptors (Lipinski definition) is 4. The second-order valence-corrected chi connectivity index (χ2v) is 7.48. The molecule has 9 heteroatoms. The summed E-state index contributed by atoms with van der Waals surface area (Å²) in [4.78, 5) is 25.0. The Bertz CT molecular complexity index is 1050. The number of aromatic nitrogens is 3. The first-order valence-corrected chi connectivity index (χ1v) is 9.54. The summed E-state index contributed by atoms with van der Waals surface area (Å²) in [5, 5.41) is 14.2. The number of nitrogens with one attached hydrogen (secondary N) is 2. The Labute approximate surface area is 178 Å². The molecule has 2 aromatic carbocycles. The lowest BCUT2D eigenvalue weighted by molar-refractivity contribution is -0.117. The number of nitrogens with zero attached hydrogens (tertiary/aromatic N) is 3. The molecule has 0 radical (unpaired) electrons. The minimum absolute atomic E-state index is 0.0666. The molecule has 2 amide bonds. The maximum Gasteiger partial charge on any atom is 0.278 e. The van der Waals surface area contributed by atoms with E-state index in [1.807, 2.05) is 32.0 Å². The SMILES string of the molecule is Cc1cccc(C)c1NC(=O)Cn1nnc(C(=O)Nc2cc(Cl)cc(Cl)c2)c1C. The molecule has 0 aliphatic carbocycles. The fourth-order valence-corrected chi connectivity index (χ4v) is 3.39. The van der Waals surface area contributed by atoms with E-state index in [4.69, 9.17) is 23.2 Å². The molecular weight excluding hydrogens is 413 g/mol. The Morgan fingerprint density at radius 2 is 1.62 bits per heavy atom. The van der Waals surface area contributed by atoms with Gasteiger partial charge in [-0.1, -0.05) is 46.6 Å². The Morgan fingerprint density at radius 1 is 1.00 bits per heavy atom. The number of rotatable bonds is 5. The third-order valence-corrected chi connectivity index (χ3v) is 4.79. The van der Waals surface area contributed by atoms with Gasteiger partial charge in [-0.05, 0) is 50.1 Å².